The number of hydrogen-bond acceptors (Lipinski definition) is 4. The summed E-state index contributed by atoms with van der Waals surface area (Å²) in [6.45, 7) is 0.693. The van der Waals surface area contributed by atoms with Gasteiger partial charge in [0.25, 0.3) is 0 Å². The second-order valence-electron chi connectivity index (χ2n) is 6.02. The van der Waals surface area contributed by atoms with Crippen LogP contribution >= 0.6 is 11.3 Å². The summed E-state index contributed by atoms with van der Waals surface area (Å²) in [4.78, 5) is 13.1. The third-order valence-electron chi connectivity index (χ3n) is 4.39. The van der Waals surface area contributed by atoms with Crippen molar-refractivity contribution in [1.29, 1.82) is 0 Å². The Morgan fingerprint density at radius 2 is 2.25 bits per heavy atom. The molecular formula is C18H22N2O3S. The van der Waals surface area contributed by atoms with Crippen LogP contribution in [0.2, 0.25) is 0 Å². The number of carbonyl (C=O) groups is 1. The van der Waals surface area contributed by atoms with Crippen molar-refractivity contribution in [3.63, 3.8) is 0 Å². The fraction of sp³-hybridized carbons (Fsp3) is 0.389. The molecule has 128 valence electrons. The summed E-state index contributed by atoms with van der Waals surface area (Å²) in [6, 6.07) is 9.39. The maximum atomic E-state index is 12.0. The molecule has 3 rings (SSSR count). The summed E-state index contributed by atoms with van der Waals surface area (Å²) in [5, 5.41) is 18.6. The van der Waals surface area contributed by atoms with E-state index in [-0.39, 0.29) is 12.6 Å². The molecule has 1 heterocycles. The first-order valence-electron chi connectivity index (χ1n) is 8.04. The Morgan fingerprint density at radius 1 is 1.38 bits per heavy atom. The van der Waals surface area contributed by atoms with E-state index in [9.17, 15) is 9.90 Å². The lowest BCUT2D eigenvalue weighted by Crippen LogP contribution is -2.46. The molecule has 6 heteroatoms. The first-order chi connectivity index (χ1) is 11.6. The average molecular weight is 346 g/mol. The smallest absolute Gasteiger partial charge is 0.315 e. The average Bonchev–Trinajstić information content (AvgIpc) is 3.11. The van der Waals surface area contributed by atoms with Gasteiger partial charge in [0.1, 0.15) is 11.4 Å². The van der Waals surface area contributed by atoms with E-state index in [2.05, 4.69) is 10.6 Å². The van der Waals surface area contributed by atoms with Crippen molar-refractivity contribution in [1.82, 2.24) is 10.6 Å². The van der Waals surface area contributed by atoms with E-state index in [1.54, 1.807) is 18.4 Å². The first-order valence-corrected chi connectivity index (χ1v) is 8.92. The van der Waals surface area contributed by atoms with Crippen LogP contribution in [-0.2, 0) is 18.6 Å². The minimum absolute atomic E-state index is 0.197. The van der Waals surface area contributed by atoms with Crippen molar-refractivity contribution in [2.45, 2.75) is 31.4 Å². The van der Waals surface area contributed by atoms with Crippen molar-refractivity contribution >= 4 is 17.4 Å². The quantitative estimate of drug-likeness (QED) is 0.780. The van der Waals surface area contributed by atoms with Gasteiger partial charge in [0.05, 0.1) is 20.2 Å². The Bertz CT molecular complexity index is 702. The predicted molar refractivity (Wildman–Crippen MR) is 94.4 cm³/mol. The normalized spacial score (nSPS) is 19.4. The SMILES string of the molecule is COc1ccc2c(c1)CCC[C@@]2(O)CNC(=O)NCc1cccs1. The van der Waals surface area contributed by atoms with Crippen LogP contribution in [0.5, 0.6) is 5.75 Å². The minimum atomic E-state index is -1.03. The summed E-state index contributed by atoms with van der Waals surface area (Å²) in [7, 11) is 1.64. The Hall–Kier alpha value is -2.05. The number of urea groups is 1. The molecule has 1 aromatic carbocycles. The van der Waals surface area contributed by atoms with Crippen LogP contribution in [0.25, 0.3) is 0 Å². The molecule has 0 fully saturated rings. The largest absolute Gasteiger partial charge is 0.497 e. The number of benzene rings is 1. The van der Waals surface area contributed by atoms with Crippen LogP contribution in [0.4, 0.5) is 4.79 Å². The van der Waals surface area contributed by atoms with Crippen LogP contribution < -0.4 is 15.4 Å². The summed E-state index contributed by atoms with van der Waals surface area (Å²) < 4.78 is 5.25. The molecule has 1 aliphatic carbocycles. The second-order valence-corrected chi connectivity index (χ2v) is 7.06. The summed E-state index contributed by atoms with van der Waals surface area (Å²) in [6.07, 6.45) is 2.44. The zero-order chi connectivity index (χ0) is 17.0. The maximum Gasteiger partial charge on any atom is 0.315 e. The van der Waals surface area contributed by atoms with Gasteiger partial charge in [-0.05, 0) is 54.0 Å². The number of aliphatic hydroxyl groups is 1. The number of amides is 2. The highest BCUT2D eigenvalue weighted by molar-refractivity contribution is 7.09. The number of aryl methyl sites for hydroxylation is 1. The molecule has 0 radical (unpaired) electrons. The number of rotatable bonds is 5. The van der Waals surface area contributed by atoms with E-state index < -0.39 is 5.60 Å². The lowest BCUT2D eigenvalue weighted by molar-refractivity contribution is 0.0216. The van der Waals surface area contributed by atoms with E-state index >= 15 is 0 Å². The molecule has 3 N–H and O–H groups in total. The Kier molecular flexibility index (Phi) is 5.06. The summed E-state index contributed by atoms with van der Waals surface area (Å²) in [5.74, 6) is 0.791. The minimum Gasteiger partial charge on any atom is -0.497 e. The molecule has 0 saturated heterocycles. The highest BCUT2D eigenvalue weighted by Crippen LogP contribution is 2.36. The molecule has 0 aliphatic heterocycles. The third-order valence-corrected chi connectivity index (χ3v) is 5.27. The highest BCUT2D eigenvalue weighted by atomic mass is 32.1. The van der Waals surface area contributed by atoms with Gasteiger partial charge in [-0.3, -0.25) is 0 Å². The predicted octanol–water partition coefficient (Wildman–Crippen LogP) is 2.78. The number of thiophene rings is 1. The van der Waals surface area contributed by atoms with Gasteiger partial charge in [-0.2, -0.15) is 0 Å². The standard InChI is InChI=1S/C18H22N2O3S/c1-23-14-6-7-16-13(10-14)4-2-8-18(16,22)12-20-17(21)19-11-15-5-3-9-24-15/h3,5-7,9-10,22H,2,4,8,11-12H2,1H3,(H2,19,20,21)/t18-/m1/s1. The van der Waals surface area contributed by atoms with Gasteiger partial charge in [0.2, 0.25) is 0 Å². The van der Waals surface area contributed by atoms with E-state index in [0.29, 0.717) is 13.0 Å². The van der Waals surface area contributed by atoms with Crippen molar-refractivity contribution in [3.05, 3.63) is 51.7 Å². The molecule has 0 bridgehead atoms. The molecule has 1 aromatic heterocycles. The van der Waals surface area contributed by atoms with Gasteiger partial charge in [-0.1, -0.05) is 12.1 Å². The number of hydrogen-bond donors (Lipinski definition) is 3. The Morgan fingerprint density at radius 3 is 3.00 bits per heavy atom. The molecule has 0 saturated carbocycles. The summed E-state index contributed by atoms with van der Waals surface area (Å²) in [5.41, 5.74) is 0.942. The number of fused-ring (bicyclic) bond motifs is 1. The van der Waals surface area contributed by atoms with Gasteiger partial charge >= 0.3 is 6.03 Å². The van der Waals surface area contributed by atoms with E-state index in [1.807, 2.05) is 35.7 Å². The summed E-state index contributed by atoms with van der Waals surface area (Å²) >= 11 is 1.60. The fourth-order valence-corrected chi connectivity index (χ4v) is 3.76. The monoisotopic (exact) mass is 346 g/mol. The highest BCUT2D eigenvalue weighted by Gasteiger charge is 2.34. The topological polar surface area (TPSA) is 70.6 Å². The molecule has 5 nitrogen and oxygen atoms in total. The van der Waals surface area contributed by atoms with Crippen LogP contribution in [-0.4, -0.2) is 24.8 Å². The van der Waals surface area contributed by atoms with E-state index in [0.717, 1.165) is 34.6 Å². The molecule has 1 atom stereocenters. The first kappa shape index (κ1) is 16.8. The molecule has 0 spiro atoms. The molecule has 0 unspecified atom stereocenters. The zero-order valence-electron chi connectivity index (χ0n) is 13.7. The van der Waals surface area contributed by atoms with Crippen LogP contribution in [0.15, 0.2) is 35.7 Å². The van der Waals surface area contributed by atoms with Gasteiger partial charge in [-0.25, -0.2) is 4.79 Å². The van der Waals surface area contributed by atoms with Crippen LogP contribution in [0.3, 0.4) is 0 Å². The van der Waals surface area contributed by atoms with Crippen molar-refractivity contribution < 1.29 is 14.6 Å². The number of carbonyl (C=O) groups excluding carboxylic acids is 1. The van der Waals surface area contributed by atoms with Gasteiger partial charge in [0, 0.05) is 4.88 Å². The molecule has 1 aliphatic rings. The number of ether oxygens (including phenoxy) is 1. The molecule has 2 aromatic rings. The molecular weight excluding hydrogens is 324 g/mol. The van der Waals surface area contributed by atoms with E-state index in [1.165, 1.54) is 0 Å². The fourth-order valence-electron chi connectivity index (χ4n) is 3.12. The van der Waals surface area contributed by atoms with E-state index in [4.69, 9.17) is 4.74 Å². The number of methoxy groups -OCH3 is 1. The Labute approximate surface area is 145 Å². The molecule has 2 amide bonds. The second kappa shape index (κ2) is 7.23. The van der Waals surface area contributed by atoms with Crippen molar-refractivity contribution in [3.8, 4) is 5.75 Å². The maximum absolute atomic E-state index is 12.0. The Balaban J connectivity index is 1.61. The third kappa shape index (κ3) is 3.71. The van der Waals surface area contributed by atoms with Gasteiger partial charge in [0.15, 0.2) is 0 Å². The van der Waals surface area contributed by atoms with Crippen molar-refractivity contribution in [2.75, 3.05) is 13.7 Å². The van der Waals surface area contributed by atoms with Gasteiger partial charge < -0.3 is 20.5 Å². The van der Waals surface area contributed by atoms with Crippen molar-refractivity contribution in [2.24, 2.45) is 0 Å². The zero-order valence-corrected chi connectivity index (χ0v) is 14.5. The lowest BCUT2D eigenvalue weighted by atomic mass is 9.79. The van der Waals surface area contributed by atoms with Crippen LogP contribution in [0, 0.1) is 0 Å². The number of nitrogens with one attached hydrogen (secondary N) is 2. The van der Waals surface area contributed by atoms with Crippen LogP contribution in [0.1, 0.15) is 28.8 Å². The molecule has 24 heavy (non-hydrogen) atoms. The van der Waals surface area contributed by atoms with Gasteiger partial charge in [-0.15, -0.1) is 11.3 Å². The lowest BCUT2D eigenvalue weighted by Gasteiger charge is -2.34.